The van der Waals surface area contributed by atoms with Crippen LogP contribution < -0.4 is 14.8 Å². The molecule has 2 aromatic carbocycles. The number of amides is 1. The van der Waals surface area contributed by atoms with Crippen LogP contribution in [0.1, 0.15) is 25.3 Å². The van der Waals surface area contributed by atoms with E-state index in [0.717, 1.165) is 41.9 Å². The number of carbonyl (C=O) groups is 1. The molecule has 0 aliphatic heterocycles. The van der Waals surface area contributed by atoms with Gasteiger partial charge in [-0.25, -0.2) is 0 Å². The molecule has 1 unspecified atom stereocenters. The molecule has 1 fully saturated rings. The number of ether oxygens (including phenoxy) is 2. The van der Waals surface area contributed by atoms with Crippen LogP contribution in [0, 0.1) is 5.92 Å². The van der Waals surface area contributed by atoms with Crippen LogP contribution in [-0.2, 0) is 11.2 Å². The Morgan fingerprint density at radius 2 is 1.68 bits per heavy atom. The minimum atomic E-state index is 0.153. The third-order valence-corrected chi connectivity index (χ3v) is 4.55. The zero-order valence-corrected chi connectivity index (χ0v) is 15.0. The largest absolute Gasteiger partial charge is 0.493 e. The Labute approximate surface area is 149 Å². The van der Waals surface area contributed by atoms with Crippen molar-refractivity contribution in [1.82, 2.24) is 5.32 Å². The lowest BCUT2D eigenvalue weighted by Crippen LogP contribution is -2.35. The second-order valence-electron chi connectivity index (χ2n) is 6.65. The molecule has 4 heteroatoms. The van der Waals surface area contributed by atoms with Crippen LogP contribution in [0.3, 0.4) is 0 Å². The van der Waals surface area contributed by atoms with Gasteiger partial charge >= 0.3 is 0 Å². The summed E-state index contributed by atoms with van der Waals surface area (Å²) in [6, 6.07) is 14.5. The predicted molar refractivity (Wildman–Crippen MR) is 99.0 cm³/mol. The first-order chi connectivity index (χ1) is 12.1. The van der Waals surface area contributed by atoms with Crippen LogP contribution >= 0.6 is 0 Å². The molecule has 0 aromatic heterocycles. The van der Waals surface area contributed by atoms with Gasteiger partial charge in [0.15, 0.2) is 11.5 Å². The van der Waals surface area contributed by atoms with Crippen LogP contribution in [0.15, 0.2) is 42.5 Å². The third kappa shape index (κ3) is 4.32. The third-order valence-electron chi connectivity index (χ3n) is 4.55. The summed E-state index contributed by atoms with van der Waals surface area (Å²) < 4.78 is 10.7. The lowest BCUT2D eigenvalue weighted by molar-refractivity contribution is -0.122. The van der Waals surface area contributed by atoms with Crippen molar-refractivity contribution in [2.75, 3.05) is 14.2 Å². The lowest BCUT2D eigenvalue weighted by Gasteiger charge is -2.14. The number of nitrogens with one attached hydrogen (secondary N) is 1. The first-order valence-electron chi connectivity index (χ1n) is 8.72. The maximum Gasteiger partial charge on any atom is 0.223 e. The molecule has 1 N–H and O–H groups in total. The monoisotopic (exact) mass is 339 g/mol. The normalized spacial score (nSPS) is 14.7. The van der Waals surface area contributed by atoms with Crippen molar-refractivity contribution in [3.63, 3.8) is 0 Å². The number of methoxy groups -OCH3 is 2. The van der Waals surface area contributed by atoms with Crippen LogP contribution in [0.5, 0.6) is 11.5 Å². The van der Waals surface area contributed by atoms with Crippen molar-refractivity contribution >= 4 is 5.91 Å². The molecule has 0 heterocycles. The smallest absolute Gasteiger partial charge is 0.223 e. The van der Waals surface area contributed by atoms with Gasteiger partial charge in [0.05, 0.1) is 14.2 Å². The summed E-state index contributed by atoms with van der Waals surface area (Å²) in [4.78, 5) is 11.8. The Morgan fingerprint density at radius 1 is 1.04 bits per heavy atom. The van der Waals surface area contributed by atoms with E-state index >= 15 is 0 Å². The van der Waals surface area contributed by atoms with Gasteiger partial charge in [-0.05, 0) is 55.0 Å². The van der Waals surface area contributed by atoms with Crippen LogP contribution in [0.25, 0.3) is 11.1 Å². The molecule has 0 bridgehead atoms. The molecule has 25 heavy (non-hydrogen) atoms. The molecule has 1 saturated carbocycles. The summed E-state index contributed by atoms with van der Waals surface area (Å²) in [6.07, 6.45) is 2.92. The van der Waals surface area contributed by atoms with Crippen LogP contribution in [0.4, 0.5) is 0 Å². The average molecular weight is 339 g/mol. The topological polar surface area (TPSA) is 47.6 Å². The summed E-state index contributed by atoms with van der Waals surface area (Å²) >= 11 is 0. The van der Waals surface area contributed by atoms with Crippen molar-refractivity contribution in [1.29, 1.82) is 0 Å². The predicted octanol–water partition coefficient (Wildman–Crippen LogP) is 3.83. The highest BCUT2D eigenvalue weighted by atomic mass is 16.5. The molecule has 0 spiro atoms. The Morgan fingerprint density at radius 3 is 2.28 bits per heavy atom. The molecular weight excluding hydrogens is 314 g/mol. The van der Waals surface area contributed by atoms with Gasteiger partial charge in [0.1, 0.15) is 0 Å². The summed E-state index contributed by atoms with van der Waals surface area (Å²) in [6.45, 7) is 2.06. The van der Waals surface area contributed by atoms with Gasteiger partial charge in [-0.3, -0.25) is 4.79 Å². The summed E-state index contributed by atoms with van der Waals surface area (Å²) in [5.41, 5.74) is 3.42. The van der Waals surface area contributed by atoms with Crippen LogP contribution in [-0.4, -0.2) is 26.2 Å². The van der Waals surface area contributed by atoms with Crippen LogP contribution in [0.2, 0.25) is 0 Å². The maximum absolute atomic E-state index is 11.8. The number of hydrogen-bond acceptors (Lipinski definition) is 3. The van der Waals surface area contributed by atoms with E-state index in [9.17, 15) is 4.79 Å². The van der Waals surface area contributed by atoms with E-state index in [1.54, 1.807) is 14.2 Å². The van der Waals surface area contributed by atoms with Crippen molar-refractivity contribution in [3.05, 3.63) is 48.0 Å². The minimum Gasteiger partial charge on any atom is -0.493 e. The van der Waals surface area contributed by atoms with E-state index in [-0.39, 0.29) is 17.9 Å². The molecule has 3 rings (SSSR count). The Bertz CT molecular complexity index is 735. The molecule has 1 amide bonds. The lowest BCUT2D eigenvalue weighted by atomic mass is 10.0. The molecule has 4 nitrogen and oxygen atoms in total. The number of carbonyl (C=O) groups excluding carboxylic acids is 1. The molecule has 0 radical (unpaired) electrons. The van der Waals surface area contributed by atoms with Crippen molar-refractivity contribution in [2.24, 2.45) is 5.92 Å². The molecule has 1 atom stereocenters. The van der Waals surface area contributed by atoms with Gasteiger partial charge in [-0.15, -0.1) is 0 Å². The fraction of sp³-hybridized carbons (Fsp3) is 0.381. The molecule has 132 valence electrons. The number of rotatable bonds is 7. The maximum atomic E-state index is 11.8. The molecule has 1 aliphatic carbocycles. The van der Waals surface area contributed by atoms with E-state index in [0.29, 0.717) is 0 Å². The second-order valence-corrected chi connectivity index (χ2v) is 6.65. The second kappa shape index (κ2) is 7.60. The summed E-state index contributed by atoms with van der Waals surface area (Å²) in [5.74, 6) is 1.91. The Balaban J connectivity index is 1.66. The highest BCUT2D eigenvalue weighted by molar-refractivity contribution is 5.81. The van der Waals surface area contributed by atoms with Gasteiger partial charge in [0, 0.05) is 12.0 Å². The van der Waals surface area contributed by atoms with Crippen molar-refractivity contribution in [3.8, 4) is 22.6 Å². The molecule has 2 aromatic rings. The average Bonchev–Trinajstić information content (AvgIpc) is 3.47. The zero-order valence-electron chi connectivity index (χ0n) is 15.0. The highest BCUT2D eigenvalue weighted by Gasteiger charge is 2.30. The van der Waals surface area contributed by atoms with Gasteiger partial charge in [-0.1, -0.05) is 30.3 Å². The Hall–Kier alpha value is -2.49. The fourth-order valence-corrected chi connectivity index (χ4v) is 2.96. The van der Waals surface area contributed by atoms with Gasteiger partial charge in [0.2, 0.25) is 5.91 Å². The van der Waals surface area contributed by atoms with Crippen molar-refractivity contribution < 1.29 is 14.3 Å². The summed E-state index contributed by atoms with van der Waals surface area (Å²) in [5, 5.41) is 3.09. The van der Waals surface area contributed by atoms with E-state index in [1.807, 2.05) is 18.2 Å². The highest BCUT2D eigenvalue weighted by Crippen LogP contribution is 2.32. The van der Waals surface area contributed by atoms with E-state index < -0.39 is 0 Å². The van der Waals surface area contributed by atoms with Crippen molar-refractivity contribution in [2.45, 2.75) is 32.2 Å². The van der Waals surface area contributed by atoms with E-state index in [2.05, 4.69) is 36.5 Å². The minimum absolute atomic E-state index is 0.153. The first kappa shape index (κ1) is 17.3. The van der Waals surface area contributed by atoms with Gasteiger partial charge in [-0.2, -0.15) is 0 Å². The van der Waals surface area contributed by atoms with Gasteiger partial charge in [0.25, 0.3) is 0 Å². The number of benzene rings is 2. The first-order valence-corrected chi connectivity index (χ1v) is 8.72. The van der Waals surface area contributed by atoms with Gasteiger partial charge < -0.3 is 14.8 Å². The summed E-state index contributed by atoms with van der Waals surface area (Å²) in [7, 11) is 3.28. The fourth-order valence-electron chi connectivity index (χ4n) is 2.96. The SMILES string of the molecule is COc1ccc(-c2ccc(CC(C)NC(=O)C3CC3)cc2)cc1OC. The molecule has 1 aliphatic rings. The zero-order chi connectivity index (χ0) is 17.8. The number of hydrogen-bond donors (Lipinski definition) is 1. The van der Waals surface area contributed by atoms with E-state index in [4.69, 9.17) is 9.47 Å². The molecule has 0 saturated heterocycles. The molecular formula is C21H25NO3. The Kier molecular flexibility index (Phi) is 5.27. The van der Waals surface area contributed by atoms with E-state index in [1.165, 1.54) is 5.56 Å². The quantitative estimate of drug-likeness (QED) is 0.834. The standard InChI is InChI=1S/C21H25NO3/c1-14(22-21(23)17-8-9-17)12-15-4-6-16(7-5-15)18-10-11-19(24-2)20(13-18)25-3/h4-7,10-11,13-14,17H,8-9,12H2,1-3H3,(H,22,23).